The molecule has 1 amide bonds. The highest BCUT2D eigenvalue weighted by molar-refractivity contribution is 9.10. The summed E-state index contributed by atoms with van der Waals surface area (Å²) in [5.41, 5.74) is 2.55. The Morgan fingerprint density at radius 2 is 1.94 bits per heavy atom. The number of likely N-dealkylation sites (tertiary alicyclic amines) is 1. The molecule has 174 valence electrons. The Labute approximate surface area is 200 Å². The third-order valence-electron chi connectivity index (χ3n) is 5.82. The van der Waals surface area contributed by atoms with Crippen molar-refractivity contribution in [3.8, 4) is 5.75 Å². The van der Waals surface area contributed by atoms with E-state index in [0.29, 0.717) is 38.3 Å². The van der Waals surface area contributed by atoms with Crippen LogP contribution in [0.3, 0.4) is 0 Å². The molecule has 0 aliphatic carbocycles. The van der Waals surface area contributed by atoms with Crippen molar-refractivity contribution in [1.82, 2.24) is 14.7 Å². The van der Waals surface area contributed by atoms with Crippen LogP contribution in [0.4, 0.5) is 4.79 Å². The summed E-state index contributed by atoms with van der Waals surface area (Å²) in [5, 5.41) is 15.1. The molecule has 8 nitrogen and oxygen atoms in total. The zero-order valence-electron chi connectivity index (χ0n) is 18.4. The standard InChI is InChI=1S/C24H26BrN3O5/c1-2-32-23(29)13-16-5-3-4-6-22(16)33-15-21-19-14-17(25)7-8-20(19)26-28(21)18-9-11-27(12-10-18)24(30)31/h3-8,14,18H,2,9-13,15H2,1H3,(H,30,31). The monoisotopic (exact) mass is 515 g/mol. The maximum absolute atomic E-state index is 12.0. The molecule has 0 unspecified atom stereocenters. The lowest BCUT2D eigenvalue weighted by atomic mass is 10.1. The van der Waals surface area contributed by atoms with E-state index < -0.39 is 6.09 Å². The topological polar surface area (TPSA) is 93.9 Å². The molecule has 9 heteroatoms. The van der Waals surface area contributed by atoms with Gasteiger partial charge in [-0.3, -0.25) is 9.48 Å². The van der Waals surface area contributed by atoms with E-state index in [1.807, 2.05) is 47.1 Å². The third-order valence-corrected chi connectivity index (χ3v) is 6.31. The summed E-state index contributed by atoms with van der Waals surface area (Å²) in [6, 6.07) is 13.5. The molecular weight excluding hydrogens is 490 g/mol. The molecule has 0 saturated carbocycles. The second kappa shape index (κ2) is 10.2. The lowest BCUT2D eigenvalue weighted by Crippen LogP contribution is -2.38. The van der Waals surface area contributed by atoms with Crippen molar-refractivity contribution in [3.63, 3.8) is 0 Å². The van der Waals surface area contributed by atoms with Crippen LogP contribution in [0.25, 0.3) is 10.9 Å². The number of halogens is 1. The molecule has 0 atom stereocenters. The van der Waals surface area contributed by atoms with Gasteiger partial charge in [0, 0.05) is 28.5 Å². The fourth-order valence-corrected chi connectivity index (χ4v) is 4.54. The van der Waals surface area contributed by atoms with Crippen molar-refractivity contribution in [2.75, 3.05) is 19.7 Å². The first-order chi connectivity index (χ1) is 16.0. The molecule has 4 rings (SSSR count). The number of carbonyl (C=O) groups is 2. The van der Waals surface area contributed by atoms with Gasteiger partial charge in [0.1, 0.15) is 12.4 Å². The molecule has 2 heterocycles. The number of carboxylic acid groups (broad SMARTS) is 1. The van der Waals surface area contributed by atoms with Crippen LogP contribution in [0.2, 0.25) is 0 Å². The fourth-order valence-electron chi connectivity index (χ4n) is 4.18. The number of carbonyl (C=O) groups excluding carboxylic acids is 1. The lowest BCUT2D eigenvalue weighted by molar-refractivity contribution is -0.142. The molecule has 2 aromatic carbocycles. The second-order valence-corrected chi connectivity index (χ2v) is 8.85. The van der Waals surface area contributed by atoms with Gasteiger partial charge in [-0.25, -0.2) is 4.79 Å². The number of aromatic nitrogens is 2. The molecule has 1 N–H and O–H groups in total. The normalized spacial score (nSPS) is 14.4. The Balaban J connectivity index is 1.60. The van der Waals surface area contributed by atoms with E-state index in [1.54, 1.807) is 6.92 Å². The number of para-hydroxylation sites is 1. The van der Waals surface area contributed by atoms with Gasteiger partial charge in [0.05, 0.1) is 30.3 Å². The summed E-state index contributed by atoms with van der Waals surface area (Å²) in [6.45, 7) is 3.34. The van der Waals surface area contributed by atoms with Crippen LogP contribution in [0.1, 0.15) is 37.1 Å². The van der Waals surface area contributed by atoms with Gasteiger partial charge in [-0.05, 0) is 44.0 Å². The molecule has 0 radical (unpaired) electrons. The molecular formula is C24H26BrN3O5. The Morgan fingerprint density at radius 1 is 1.18 bits per heavy atom. The van der Waals surface area contributed by atoms with Crippen molar-refractivity contribution in [2.24, 2.45) is 0 Å². The summed E-state index contributed by atoms with van der Waals surface area (Å²) in [6.07, 6.45) is 0.634. The number of hydrogen-bond donors (Lipinski definition) is 1. The molecule has 1 fully saturated rings. The van der Waals surface area contributed by atoms with E-state index in [2.05, 4.69) is 15.9 Å². The van der Waals surface area contributed by atoms with Crippen LogP contribution in [-0.2, 0) is 22.6 Å². The van der Waals surface area contributed by atoms with Crippen LogP contribution < -0.4 is 4.74 Å². The van der Waals surface area contributed by atoms with Crippen LogP contribution in [0, 0.1) is 0 Å². The zero-order chi connectivity index (χ0) is 23.4. The van der Waals surface area contributed by atoms with Gasteiger partial charge < -0.3 is 19.5 Å². The highest BCUT2D eigenvalue weighted by atomic mass is 79.9. The number of nitrogens with zero attached hydrogens (tertiary/aromatic N) is 3. The summed E-state index contributed by atoms with van der Waals surface area (Å²) in [5.74, 6) is 0.334. The van der Waals surface area contributed by atoms with Crippen molar-refractivity contribution in [2.45, 2.75) is 38.8 Å². The molecule has 1 aliphatic heterocycles. The van der Waals surface area contributed by atoms with Gasteiger partial charge in [-0.2, -0.15) is 5.10 Å². The van der Waals surface area contributed by atoms with Gasteiger partial charge >= 0.3 is 12.1 Å². The average Bonchev–Trinajstić information content (AvgIpc) is 3.16. The van der Waals surface area contributed by atoms with Crippen molar-refractivity contribution in [1.29, 1.82) is 0 Å². The lowest BCUT2D eigenvalue weighted by Gasteiger charge is -2.31. The summed E-state index contributed by atoms with van der Waals surface area (Å²) >= 11 is 3.54. The maximum atomic E-state index is 12.0. The van der Waals surface area contributed by atoms with E-state index in [9.17, 15) is 14.7 Å². The zero-order valence-corrected chi connectivity index (χ0v) is 20.0. The van der Waals surface area contributed by atoms with Crippen LogP contribution >= 0.6 is 15.9 Å². The molecule has 1 saturated heterocycles. The van der Waals surface area contributed by atoms with Crippen LogP contribution in [0.15, 0.2) is 46.9 Å². The van der Waals surface area contributed by atoms with Crippen LogP contribution in [0.5, 0.6) is 5.75 Å². The number of benzene rings is 2. The minimum atomic E-state index is -0.884. The van der Waals surface area contributed by atoms with Crippen molar-refractivity contribution < 1.29 is 24.2 Å². The molecule has 1 aliphatic rings. The summed E-state index contributed by atoms with van der Waals surface area (Å²) in [7, 11) is 0. The van der Waals surface area contributed by atoms with E-state index in [-0.39, 0.29) is 25.0 Å². The number of esters is 1. The van der Waals surface area contributed by atoms with Gasteiger partial charge in [-0.15, -0.1) is 0 Å². The molecule has 0 bridgehead atoms. The summed E-state index contributed by atoms with van der Waals surface area (Å²) < 4.78 is 14.2. The maximum Gasteiger partial charge on any atom is 0.407 e. The Morgan fingerprint density at radius 3 is 2.67 bits per heavy atom. The minimum absolute atomic E-state index is 0.0835. The number of ether oxygens (including phenoxy) is 2. The highest BCUT2D eigenvalue weighted by Crippen LogP contribution is 2.31. The average molecular weight is 516 g/mol. The van der Waals surface area contributed by atoms with Crippen molar-refractivity contribution in [3.05, 3.63) is 58.2 Å². The SMILES string of the molecule is CCOC(=O)Cc1ccccc1OCc1c2cc(Br)ccc2nn1C1CCN(C(=O)O)CC1. The van der Waals surface area contributed by atoms with Gasteiger partial charge in [-0.1, -0.05) is 34.1 Å². The number of piperidine rings is 1. The predicted molar refractivity (Wildman–Crippen MR) is 126 cm³/mol. The number of fused-ring (bicyclic) bond motifs is 1. The molecule has 3 aromatic rings. The number of hydrogen-bond acceptors (Lipinski definition) is 5. The Hall–Kier alpha value is -3.07. The first-order valence-corrected chi connectivity index (χ1v) is 11.8. The van der Waals surface area contributed by atoms with E-state index in [0.717, 1.165) is 26.6 Å². The van der Waals surface area contributed by atoms with Crippen LogP contribution in [-0.4, -0.2) is 51.5 Å². The van der Waals surface area contributed by atoms with E-state index in [1.165, 1.54) is 4.90 Å². The van der Waals surface area contributed by atoms with Gasteiger partial charge in [0.2, 0.25) is 0 Å². The van der Waals surface area contributed by atoms with Gasteiger partial charge in [0.25, 0.3) is 0 Å². The minimum Gasteiger partial charge on any atom is -0.487 e. The smallest absolute Gasteiger partial charge is 0.407 e. The first kappa shape index (κ1) is 23.1. The van der Waals surface area contributed by atoms with Crippen molar-refractivity contribution >= 4 is 38.9 Å². The number of rotatable bonds is 7. The Kier molecular flexibility index (Phi) is 7.17. The van der Waals surface area contributed by atoms with Gasteiger partial charge in [0.15, 0.2) is 0 Å². The Bertz CT molecular complexity index is 1150. The molecule has 0 spiro atoms. The second-order valence-electron chi connectivity index (χ2n) is 7.93. The largest absolute Gasteiger partial charge is 0.487 e. The first-order valence-electron chi connectivity index (χ1n) is 11.0. The molecule has 33 heavy (non-hydrogen) atoms. The third kappa shape index (κ3) is 5.30. The van der Waals surface area contributed by atoms with E-state index in [4.69, 9.17) is 14.6 Å². The molecule has 1 aromatic heterocycles. The quantitative estimate of drug-likeness (QED) is 0.454. The predicted octanol–water partition coefficient (Wildman–Crippen LogP) is 4.80. The number of amides is 1. The van der Waals surface area contributed by atoms with E-state index >= 15 is 0 Å². The highest BCUT2D eigenvalue weighted by Gasteiger charge is 2.27. The fraction of sp³-hybridized carbons (Fsp3) is 0.375. The summed E-state index contributed by atoms with van der Waals surface area (Å²) in [4.78, 5) is 24.7.